The lowest BCUT2D eigenvalue weighted by Crippen LogP contribution is -2.16. The van der Waals surface area contributed by atoms with Crippen LogP contribution < -0.4 is 15.6 Å². The van der Waals surface area contributed by atoms with Gasteiger partial charge in [0.05, 0.1) is 11.4 Å². The number of rotatable bonds is 2. The molecule has 1 rings (SSSR count). The highest BCUT2D eigenvalue weighted by atomic mass is 16.8. The van der Waals surface area contributed by atoms with E-state index >= 15 is 0 Å². The van der Waals surface area contributed by atoms with E-state index in [0.29, 0.717) is 0 Å². The van der Waals surface area contributed by atoms with Crippen LogP contribution in [-0.4, -0.2) is 15.6 Å². The molecule has 0 amide bonds. The van der Waals surface area contributed by atoms with Crippen LogP contribution in [0.2, 0.25) is 0 Å². The maximum Gasteiger partial charge on any atom is 0.0888 e. The van der Waals surface area contributed by atoms with Crippen molar-refractivity contribution in [1.82, 2.24) is 0 Å². The molecule has 0 unspecified atom stereocenters. The highest BCUT2D eigenvalue weighted by Crippen LogP contribution is 2.31. The minimum absolute atomic E-state index is 0.112. The number of nitrogens with zero attached hydrogens (tertiary/aromatic N) is 2. The van der Waals surface area contributed by atoms with Crippen molar-refractivity contribution >= 4 is 11.4 Å². The van der Waals surface area contributed by atoms with Crippen molar-refractivity contribution in [2.45, 2.75) is 6.92 Å². The van der Waals surface area contributed by atoms with E-state index < -0.39 is 21.9 Å². The van der Waals surface area contributed by atoms with Crippen LogP contribution in [0, 0.1) is 12.1 Å². The molecule has 78 valence electrons. The minimum Gasteiger partial charge on any atom is -0.871 e. The fourth-order valence-electron chi connectivity index (χ4n) is 0.996. The summed E-state index contributed by atoms with van der Waals surface area (Å²) in [5.41, 5.74) is -0.652. The van der Waals surface area contributed by atoms with Gasteiger partial charge in [0.25, 0.3) is 0 Å². The Morgan fingerprint density at radius 2 is 1.79 bits per heavy atom. The van der Waals surface area contributed by atoms with Crippen LogP contribution >= 0.6 is 0 Å². The molecular formula is C7H8N2O5-2. The second-order valence-corrected chi connectivity index (χ2v) is 2.67. The predicted molar refractivity (Wildman–Crippen MR) is 44.3 cm³/mol. The standard InChI is InChI=1S/C7H9N2O5/c1-4-2-5(8(11)12)3-6(7(4)10)9(13)14/h2-3,10-11,13-14H,1H3/q-1/p-1. The second kappa shape index (κ2) is 3.68. The molecule has 0 aliphatic heterocycles. The van der Waals surface area contributed by atoms with Gasteiger partial charge in [0, 0.05) is 0 Å². The molecule has 0 heterocycles. The molecule has 0 atom stereocenters. The van der Waals surface area contributed by atoms with E-state index in [-0.39, 0.29) is 11.3 Å². The number of anilines is 2. The average molecular weight is 200 g/mol. The van der Waals surface area contributed by atoms with E-state index in [9.17, 15) is 10.3 Å². The molecular weight excluding hydrogens is 192 g/mol. The van der Waals surface area contributed by atoms with Crippen LogP contribution in [0.4, 0.5) is 11.4 Å². The Morgan fingerprint density at radius 1 is 1.21 bits per heavy atom. The van der Waals surface area contributed by atoms with E-state index in [2.05, 4.69) is 0 Å². The molecule has 0 spiro atoms. The molecule has 0 radical (unpaired) electrons. The van der Waals surface area contributed by atoms with Gasteiger partial charge in [0.1, 0.15) is 0 Å². The lowest BCUT2D eigenvalue weighted by atomic mass is 10.1. The Balaban J connectivity index is 3.28. The van der Waals surface area contributed by atoms with Gasteiger partial charge in [-0.3, -0.25) is 15.6 Å². The Bertz CT molecular complexity index is 339. The third kappa shape index (κ3) is 1.86. The molecule has 1 aromatic rings. The van der Waals surface area contributed by atoms with Gasteiger partial charge >= 0.3 is 0 Å². The van der Waals surface area contributed by atoms with E-state index in [1.807, 2.05) is 0 Å². The molecule has 7 nitrogen and oxygen atoms in total. The quantitative estimate of drug-likeness (QED) is 0.590. The van der Waals surface area contributed by atoms with Gasteiger partial charge in [-0.2, -0.15) is 0 Å². The Morgan fingerprint density at radius 3 is 2.21 bits per heavy atom. The molecule has 0 aliphatic carbocycles. The van der Waals surface area contributed by atoms with Crippen molar-refractivity contribution in [3.05, 3.63) is 22.9 Å². The van der Waals surface area contributed by atoms with Crippen molar-refractivity contribution < 1.29 is 20.7 Å². The Hall–Kier alpha value is -1.54. The molecule has 14 heavy (non-hydrogen) atoms. The summed E-state index contributed by atoms with van der Waals surface area (Å²) < 4.78 is 0. The van der Waals surface area contributed by atoms with Gasteiger partial charge in [-0.25, -0.2) is 0 Å². The summed E-state index contributed by atoms with van der Waals surface area (Å²) >= 11 is 0. The highest BCUT2D eigenvalue weighted by Gasteiger charge is 2.05. The summed E-state index contributed by atoms with van der Waals surface area (Å²) in [6.07, 6.45) is 0. The lowest BCUT2D eigenvalue weighted by molar-refractivity contribution is -0.269. The van der Waals surface area contributed by atoms with Gasteiger partial charge in [-0.05, 0) is 19.1 Å². The fraction of sp³-hybridized carbons (Fsp3) is 0.143. The topological polar surface area (TPSA) is 113 Å². The van der Waals surface area contributed by atoms with Crippen LogP contribution in [0.15, 0.2) is 12.1 Å². The summed E-state index contributed by atoms with van der Waals surface area (Å²) in [4.78, 5) is 0. The second-order valence-electron chi connectivity index (χ2n) is 2.67. The largest absolute Gasteiger partial charge is 0.871 e. The van der Waals surface area contributed by atoms with Crippen LogP contribution in [0.3, 0.4) is 0 Å². The summed E-state index contributed by atoms with van der Waals surface area (Å²) in [5.74, 6) is -0.638. The SMILES string of the molecule is Cc1cc(N([O-])O)cc(N(O)O)c1[O-]. The lowest BCUT2D eigenvalue weighted by Gasteiger charge is -2.26. The molecule has 0 saturated carbocycles. The summed E-state index contributed by atoms with van der Waals surface area (Å²) in [6, 6.07) is 1.98. The first-order chi connectivity index (χ1) is 6.43. The third-order valence-corrected chi connectivity index (χ3v) is 1.68. The average Bonchev–Trinajstić information content (AvgIpc) is 2.08. The van der Waals surface area contributed by atoms with Crippen LogP contribution in [0.5, 0.6) is 5.75 Å². The van der Waals surface area contributed by atoms with Gasteiger partial charge in [-0.1, -0.05) is 11.3 Å². The predicted octanol–water partition coefficient (Wildman–Crippen LogP) is 0.347. The van der Waals surface area contributed by atoms with Crippen LogP contribution in [-0.2, 0) is 0 Å². The highest BCUT2D eigenvalue weighted by molar-refractivity contribution is 5.66. The van der Waals surface area contributed by atoms with Crippen molar-refractivity contribution in [1.29, 1.82) is 0 Å². The Labute approximate surface area is 79.1 Å². The molecule has 0 aliphatic rings. The molecule has 0 aromatic heterocycles. The van der Waals surface area contributed by atoms with E-state index in [1.165, 1.54) is 6.92 Å². The van der Waals surface area contributed by atoms with Gasteiger partial charge in [0.2, 0.25) is 0 Å². The summed E-state index contributed by atoms with van der Waals surface area (Å²) in [6.45, 7) is 1.38. The molecule has 0 saturated heterocycles. The van der Waals surface area contributed by atoms with Crippen molar-refractivity contribution in [3.8, 4) is 5.75 Å². The van der Waals surface area contributed by atoms with E-state index in [4.69, 9.17) is 15.6 Å². The zero-order chi connectivity index (χ0) is 10.9. The van der Waals surface area contributed by atoms with Crippen molar-refractivity contribution in [3.63, 3.8) is 0 Å². The van der Waals surface area contributed by atoms with Crippen LogP contribution in [0.1, 0.15) is 5.56 Å². The summed E-state index contributed by atoms with van der Waals surface area (Å²) in [7, 11) is 0. The molecule has 1 aromatic carbocycles. The number of benzene rings is 1. The fourth-order valence-corrected chi connectivity index (χ4v) is 0.996. The molecule has 3 N–H and O–H groups in total. The van der Waals surface area contributed by atoms with Crippen LogP contribution in [0.25, 0.3) is 0 Å². The van der Waals surface area contributed by atoms with E-state index in [1.54, 1.807) is 0 Å². The summed E-state index contributed by atoms with van der Waals surface area (Å²) in [5, 5.41) is 46.6. The van der Waals surface area contributed by atoms with Crippen molar-refractivity contribution in [2.75, 3.05) is 10.5 Å². The van der Waals surface area contributed by atoms with Gasteiger partial charge < -0.3 is 15.5 Å². The van der Waals surface area contributed by atoms with Gasteiger partial charge in [-0.15, -0.1) is 5.23 Å². The number of aryl methyl sites for hydroxylation is 1. The minimum atomic E-state index is -0.638. The Kier molecular flexibility index (Phi) is 2.77. The normalized spacial score (nSPS) is 10.1. The number of hydrogen-bond acceptors (Lipinski definition) is 7. The molecule has 0 bridgehead atoms. The maximum absolute atomic E-state index is 11.2. The number of hydrogen-bond donors (Lipinski definition) is 3. The monoisotopic (exact) mass is 200 g/mol. The zero-order valence-corrected chi connectivity index (χ0v) is 7.21. The molecule has 0 fully saturated rings. The maximum atomic E-state index is 11.2. The third-order valence-electron chi connectivity index (χ3n) is 1.68. The first-order valence-electron chi connectivity index (χ1n) is 3.59. The first-order valence-corrected chi connectivity index (χ1v) is 3.59. The van der Waals surface area contributed by atoms with Gasteiger partial charge in [0.15, 0.2) is 0 Å². The van der Waals surface area contributed by atoms with E-state index in [0.717, 1.165) is 12.1 Å². The first kappa shape index (κ1) is 10.5. The zero-order valence-electron chi connectivity index (χ0n) is 7.21. The molecule has 7 heteroatoms. The smallest absolute Gasteiger partial charge is 0.0888 e. The van der Waals surface area contributed by atoms with Crippen molar-refractivity contribution in [2.24, 2.45) is 0 Å².